The zero-order valence-electron chi connectivity index (χ0n) is 20.1. The molecule has 2 bridgehead atoms. The van der Waals surface area contributed by atoms with Crippen molar-refractivity contribution in [3.8, 4) is 11.3 Å². The van der Waals surface area contributed by atoms with Gasteiger partial charge in [-0.05, 0) is 67.3 Å². The van der Waals surface area contributed by atoms with Gasteiger partial charge in [0.15, 0.2) is 0 Å². The van der Waals surface area contributed by atoms with E-state index in [1.807, 2.05) is 55.6 Å². The van der Waals surface area contributed by atoms with Gasteiger partial charge >= 0.3 is 0 Å². The highest BCUT2D eigenvalue weighted by molar-refractivity contribution is 6.32. The van der Waals surface area contributed by atoms with Gasteiger partial charge in [-0.25, -0.2) is 4.98 Å². The Morgan fingerprint density at radius 1 is 1.11 bits per heavy atom. The van der Waals surface area contributed by atoms with Crippen molar-refractivity contribution in [2.75, 3.05) is 24.2 Å². The highest BCUT2D eigenvalue weighted by atomic mass is 35.5. The largest absolute Gasteiger partial charge is 0.388 e. The molecule has 3 aromatic rings. The lowest BCUT2D eigenvalue weighted by atomic mass is 9.98. The molecule has 2 amide bonds. The quantitative estimate of drug-likeness (QED) is 0.336. The molecule has 5 N–H and O–H groups in total. The van der Waals surface area contributed by atoms with Crippen LogP contribution in [0, 0.1) is 0 Å². The Bertz CT molecular complexity index is 1330. The van der Waals surface area contributed by atoms with Crippen LogP contribution in [0.5, 0.6) is 0 Å². The number of nitrogens with zero attached hydrogens (tertiary/aromatic N) is 1. The van der Waals surface area contributed by atoms with Crippen molar-refractivity contribution in [3.05, 3.63) is 76.2 Å². The third kappa shape index (κ3) is 5.15. The zero-order valence-corrected chi connectivity index (χ0v) is 20.8. The van der Waals surface area contributed by atoms with E-state index < -0.39 is 6.04 Å². The van der Waals surface area contributed by atoms with Gasteiger partial charge in [0.05, 0.1) is 11.7 Å². The highest BCUT2D eigenvalue weighted by Crippen LogP contribution is 2.35. The summed E-state index contributed by atoms with van der Waals surface area (Å²) in [4.78, 5) is 33.8. The van der Waals surface area contributed by atoms with Crippen LogP contribution in [-0.4, -0.2) is 35.4 Å². The first kappa shape index (κ1) is 24.1. The van der Waals surface area contributed by atoms with Crippen molar-refractivity contribution in [2.45, 2.75) is 38.3 Å². The standard InChI is InChI=1S/C27H29ClN6O2/c1-29-19-9-10-20-22(14-19)31-23(35)6-4-2-3-5-21(26-33-24(20)25(28)34-26)32-27(36)17-7-8-18-15-30-12-11-16(18)13-17/h2-3,7-10,13-14,21,29-30H,4-6,11-12,15H2,1H3,(H,31,35)(H,32,36)(H,33,34)/b3-2+/t21-/m0/s1. The van der Waals surface area contributed by atoms with Crippen LogP contribution in [0.2, 0.25) is 5.15 Å². The van der Waals surface area contributed by atoms with E-state index >= 15 is 0 Å². The summed E-state index contributed by atoms with van der Waals surface area (Å²) in [7, 11) is 1.82. The second-order valence-corrected chi connectivity index (χ2v) is 9.40. The fourth-order valence-corrected chi connectivity index (χ4v) is 4.84. The third-order valence-electron chi connectivity index (χ3n) is 6.58. The number of carbonyl (C=O) groups excluding carboxylic acids is 2. The fourth-order valence-electron chi connectivity index (χ4n) is 4.60. The molecule has 0 unspecified atom stereocenters. The predicted molar refractivity (Wildman–Crippen MR) is 142 cm³/mol. The number of H-pyrrole nitrogens is 1. The number of hydrogen-bond acceptors (Lipinski definition) is 5. The maximum absolute atomic E-state index is 13.3. The second-order valence-electron chi connectivity index (χ2n) is 9.03. The molecule has 36 heavy (non-hydrogen) atoms. The van der Waals surface area contributed by atoms with Crippen LogP contribution in [0.1, 0.15) is 52.6 Å². The number of allylic oxidation sites excluding steroid dienone is 1. The lowest BCUT2D eigenvalue weighted by Gasteiger charge is -2.19. The molecule has 0 radical (unpaired) electrons. The molecule has 8 nitrogen and oxygen atoms in total. The Balaban J connectivity index is 1.48. The van der Waals surface area contributed by atoms with Crippen LogP contribution in [0.4, 0.5) is 11.4 Å². The van der Waals surface area contributed by atoms with Crippen molar-refractivity contribution >= 4 is 34.8 Å². The minimum absolute atomic E-state index is 0.0901. The van der Waals surface area contributed by atoms with Crippen molar-refractivity contribution in [1.82, 2.24) is 20.6 Å². The van der Waals surface area contributed by atoms with Crippen molar-refractivity contribution in [2.24, 2.45) is 0 Å². The Labute approximate surface area is 214 Å². The maximum atomic E-state index is 13.3. The number of hydrogen-bond donors (Lipinski definition) is 5. The van der Waals surface area contributed by atoms with Crippen LogP contribution >= 0.6 is 11.6 Å². The number of halogens is 1. The first-order chi connectivity index (χ1) is 17.5. The summed E-state index contributed by atoms with van der Waals surface area (Å²) >= 11 is 6.60. The normalized spacial score (nSPS) is 18.4. The van der Waals surface area contributed by atoms with Crippen molar-refractivity contribution in [1.29, 1.82) is 0 Å². The molecular weight excluding hydrogens is 476 g/mol. The number of carbonyl (C=O) groups is 2. The topological polar surface area (TPSA) is 111 Å². The summed E-state index contributed by atoms with van der Waals surface area (Å²) in [6.07, 6.45) is 6.28. The lowest BCUT2D eigenvalue weighted by Crippen LogP contribution is -2.30. The molecule has 186 valence electrons. The molecule has 0 saturated carbocycles. The summed E-state index contributed by atoms with van der Waals surface area (Å²) in [5.41, 5.74) is 5.77. The third-order valence-corrected chi connectivity index (χ3v) is 6.86. The van der Waals surface area contributed by atoms with E-state index in [1.54, 1.807) is 0 Å². The molecule has 1 aromatic heterocycles. The van der Waals surface area contributed by atoms with Gasteiger partial charge < -0.3 is 26.3 Å². The Morgan fingerprint density at radius 3 is 2.86 bits per heavy atom. The van der Waals surface area contributed by atoms with Crippen LogP contribution < -0.4 is 21.3 Å². The number of amides is 2. The van der Waals surface area contributed by atoms with Gasteiger partial charge in [0, 0.05) is 36.8 Å². The summed E-state index contributed by atoms with van der Waals surface area (Å²) < 4.78 is 0. The van der Waals surface area contributed by atoms with E-state index in [-0.39, 0.29) is 11.8 Å². The molecular formula is C27H29ClN6O2. The van der Waals surface area contributed by atoms with Crippen molar-refractivity contribution < 1.29 is 9.59 Å². The maximum Gasteiger partial charge on any atom is 0.251 e. The van der Waals surface area contributed by atoms with E-state index in [2.05, 4.69) is 26.3 Å². The highest BCUT2D eigenvalue weighted by Gasteiger charge is 2.23. The molecule has 2 aliphatic rings. The lowest BCUT2D eigenvalue weighted by molar-refractivity contribution is -0.116. The van der Waals surface area contributed by atoms with E-state index in [9.17, 15) is 9.59 Å². The SMILES string of the molecule is CNc1ccc2c(c1)NC(=O)CC/C=C/C[C@H](NC(=O)c1ccc3c(c1)CCNC3)c1nc-2c(Cl)[nH]1. The number of rotatable bonds is 3. The van der Waals surface area contributed by atoms with Gasteiger partial charge in [-0.15, -0.1) is 0 Å². The zero-order chi connectivity index (χ0) is 25.1. The molecule has 0 spiro atoms. The van der Waals surface area contributed by atoms with Gasteiger partial charge in [0.1, 0.15) is 16.7 Å². The number of fused-ring (bicyclic) bond motifs is 5. The predicted octanol–water partition coefficient (Wildman–Crippen LogP) is 4.57. The minimum atomic E-state index is -0.415. The summed E-state index contributed by atoms with van der Waals surface area (Å²) in [6.45, 7) is 1.74. The van der Waals surface area contributed by atoms with E-state index in [4.69, 9.17) is 16.6 Å². The number of aromatic amines is 1. The fraction of sp³-hybridized carbons (Fsp3) is 0.296. The number of aromatic nitrogens is 2. The molecule has 2 aliphatic heterocycles. The molecule has 9 heteroatoms. The number of benzene rings is 2. The van der Waals surface area contributed by atoms with Gasteiger partial charge in [0.25, 0.3) is 5.91 Å². The smallest absolute Gasteiger partial charge is 0.251 e. The molecule has 2 aromatic carbocycles. The second kappa shape index (κ2) is 10.6. The minimum Gasteiger partial charge on any atom is -0.388 e. The summed E-state index contributed by atoms with van der Waals surface area (Å²) in [5, 5.41) is 12.9. The average molecular weight is 505 g/mol. The molecule has 1 atom stereocenters. The Kier molecular flexibility index (Phi) is 7.06. The Morgan fingerprint density at radius 2 is 2.00 bits per heavy atom. The first-order valence-electron chi connectivity index (χ1n) is 12.2. The monoisotopic (exact) mass is 504 g/mol. The van der Waals surface area contributed by atoms with Crippen LogP contribution in [0.3, 0.4) is 0 Å². The number of anilines is 2. The van der Waals surface area contributed by atoms with Gasteiger partial charge in [-0.3, -0.25) is 9.59 Å². The van der Waals surface area contributed by atoms with Crippen LogP contribution in [0.25, 0.3) is 11.3 Å². The number of imidazole rings is 1. The average Bonchev–Trinajstić information content (AvgIpc) is 3.28. The molecule has 5 rings (SSSR count). The molecule has 0 saturated heterocycles. The Hall–Kier alpha value is -3.62. The number of nitrogens with one attached hydrogen (secondary N) is 5. The molecule has 3 heterocycles. The van der Waals surface area contributed by atoms with Crippen LogP contribution in [-0.2, 0) is 17.8 Å². The van der Waals surface area contributed by atoms with E-state index in [1.165, 1.54) is 11.1 Å². The van der Waals surface area contributed by atoms with Gasteiger partial charge in [-0.2, -0.15) is 0 Å². The summed E-state index contributed by atoms with van der Waals surface area (Å²) in [5.74, 6) is 0.307. The van der Waals surface area contributed by atoms with E-state index in [0.29, 0.717) is 52.7 Å². The van der Waals surface area contributed by atoms with Gasteiger partial charge in [-0.1, -0.05) is 29.8 Å². The molecule has 0 aliphatic carbocycles. The summed E-state index contributed by atoms with van der Waals surface area (Å²) in [6, 6.07) is 11.1. The van der Waals surface area contributed by atoms with Crippen molar-refractivity contribution in [3.63, 3.8) is 0 Å². The van der Waals surface area contributed by atoms with Gasteiger partial charge in [0.2, 0.25) is 5.91 Å². The first-order valence-corrected chi connectivity index (χ1v) is 12.6. The van der Waals surface area contributed by atoms with Crippen LogP contribution in [0.15, 0.2) is 48.6 Å². The van der Waals surface area contributed by atoms with E-state index in [0.717, 1.165) is 25.2 Å². The molecule has 0 fully saturated rings.